The molecule has 1 amide bonds. The Bertz CT molecular complexity index is 287. The van der Waals surface area contributed by atoms with Gasteiger partial charge in [0.1, 0.15) is 6.54 Å². The van der Waals surface area contributed by atoms with Gasteiger partial charge in [-0.15, -0.1) is 0 Å². The van der Waals surface area contributed by atoms with Gasteiger partial charge in [-0.25, -0.2) is 0 Å². The molecule has 2 N–H and O–H groups in total. The molecular weight excluding hydrogens is 216 g/mol. The SMILES string of the molecule is CCC1CN(CC(=O)NCC#N)C(CC)CN1. The van der Waals surface area contributed by atoms with E-state index in [9.17, 15) is 4.79 Å². The summed E-state index contributed by atoms with van der Waals surface area (Å²) in [6.07, 6.45) is 2.11. The van der Waals surface area contributed by atoms with Crippen LogP contribution in [0.1, 0.15) is 26.7 Å². The average Bonchev–Trinajstić information content (AvgIpc) is 2.36. The van der Waals surface area contributed by atoms with Crippen molar-refractivity contribution in [2.75, 3.05) is 26.2 Å². The molecule has 1 aliphatic heterocycles. The molecule has 1 heterocycles. The van der Waals surface area contributed by atoms with Crippen LogP contribution >= 0.6 is 0 Å². The molecule has 0 bridgehead atoms. The molecule has 0 aromatic rings. The number of carbonyl (C=O) groups excluding carboxylic acids is 1. The van der Waals surface area contributed by atoms with E-state index >= 15 is 0 Å². The maximum atomic E-state index is 11.6. The molecule has 96 valence electrons. The summed E-state index contributed by atoms with van der Waals surface area (Å²) in [4.78, 5) is 13.8. The molecule has 17 heavy (non-hydrogen) atoms. The molecule has 2 unspecified atom stereocenters. The van der Waals surface area contributed by atoms with Gasteiger partial charge in [0.05, 0.1) is 12.6 Å². The van der Waals surface area contributed by atoms with Crippen LogP contribution in [0.25, 0.3) is 0 Å². The van der Waals surface area contributed by atoms with Crippen LogP contribution in [-0.4, -0.2) is 49.1 Å². The van der Waals surface area contributed by atoms with Crippen LogP contribution in [0.2, 0.25) is 0 Å². The van der Waals surface area contributed by atoms with Crippen molar-refractivity contribution in [1.29, 1.82) is 5.26 Å². The first-order chi connectivity index (χ1) is 8.21. The van der Waals surface area contributed by atoms with Gasteiger partial charge in [0.2, 0.25) is 5.91 Å². The lowest BCUT2D eigenvalue weighted by Gasteiger charge is -2.39. The fourth-order valence-electron chi connectivity index (χ4n) is 2.18. The molecule has 0 aromatic heterocycles. The number of amides is 1. The zero-order valence-electron chi connectivity index (χ0n) is 10.7. The van der Waals surface area contributed by atoms with Crippen molar-refractivity contribution < 1.29 is 4.79 Å². The number of nitrogens with one attached hydrogen (secondary N) is 2. The van der Waals surface area contributed by atoms with Crippen molar-refractivity contribution in [2.45, 2.75) is 38.8 Å². The summed E-state index contributed by atoms with van der Waals surface area (Å²) >= 11 is 0. The Morgan fingerprint density at radius 2 is 2.29 bits per heavy atom. The van der Waals surface area contributed by atoms with E-state index in [0.29, 0.717) is 18.6 Å². The van der Waals surface area contributed by atoms with E-state index in [-0.39, 0.29) is 12.5 Å². The van der Waals surface area contributed by atoms with Gasteiger partial charge in [0, 0.05) is 25.2 Å². The third kappa shape index (κ3) is 4.33. The minimum absolute atomic E-state index is 0.0539. The van der Waals surface area contributed by atoms with Crippen LogP contribution in [0.4, 0.5) is 0 Å². The fraction of sp³-hybridized carbons (Fsp3) is 0.833. The van der Waals surface area contributed by atoms with Crippen LogP contribution in [-0.2, 0) is 4.79 Å². The molecule has 1 fully saturated rings. The second kappa shape index (κ2) is 7.25. The molecule has 1 rings (SSSR count). The van der Waals surface area contributed by atoms with E-state index in [1.54, 1.807) is 0 Å². The first-order valence-electron chi connectivity index (χ1n) is 6.32. The summed E-state index contributed by atoms with van der Waals surface area (Å²) < 4.78 is 0. The van der Waals surface area contributed by atoms with Crippen LogP contribution in [0.3, 0.4) is 0 Å². The summed E-state index contributed by atoms with van der Waals surface area (Å²) in [5.41, 5.74) is 0. The van der Waals surface area contributed by atoms with Crippen molar-refractivity contribution in [3.8, 4) is 6.07 Å². The predicted molar refractivity (Wildman–Crippen MR) is 66.4 cm³/mol. The first kappa shape index (κ1) is 13.9. The topological polar surface area (TPSA) is 68.2 Å². The Kier molecular flexibility index (Phi) is 5.95. The van der Waals surface area contributed by atoms with Crippen molar-refractivity contribution >= 4 is 5.91 Å². The molecule has 0 saturated carbocycles. The summed E-state index contributed by atoms with van der Waals surface area (Å²) in [7, 11) is 0. The molecule has 1 aliphatic rings. The standard InChI is InChI=1S/C12H22N4O/c1-3-10-8-16(11(4-2)7-15-10)9-12(17)14-6-5-13/h10-11,15H,3-4,6-9H2,1-2H3,(H,14,17). The van der Waals surface area contributed by atoms with E-state index in [4.69, 9.17) is 5.26 Å². The quantitative estimate of drug-likeness (QED) is 0.666. The highest BCUT2D eigenvalue weighted by Gasteiger charge is 2.26. The monoisotopic (exact) mass is 238 g/mol. The number of carbonyl (C=O) groups is 1. The molecular formula is C12H22N4O. The van der Waals surface area contributed by atoms with Gasteiger partial charge in [0.25, 0.3) is 0 Å². The van der Waals surface area contributed by atoms with E-state index < -0.39 is 0 Å². The minimum Gasteiger partial charge on any atom is -0.342 e. The highest BCUT2D eigenvalue weighted by Crippen LogP contribution is 2.11. The average molecular weight is 238 g/mol. The molecule has 0 aliphatic carbocycles. The molecule has 1 saturated heterocycles. The van der Waals surface area contributed by atoms with E-state index in [0.717, 1.165) is 25.9 Å². The normalized spacial score (nSPS) is 25.2. The molecule has 0 radical (unpaired) electrons. The van der Waals surface area contributed by atoms with Gasteiger partial charge >= 0.3 is 0 Å². The Morgan fingerprint density at radius 1 is 1.53 bits per heavy atom. The Morgan fingerprint density at radius 3 is 2.88 bits per heavy atom. The van der Waals surface area contributed by atoms with E-state index in [1.807, 2.05) is 6.07 Å². The largest absolute Gasteiger partial charge is 0.342 e. The predicted octanol–water partition coefficient (Wildman–Crippen LogP) is 0.0886. The second-order valence-electron chi connectivity index (χ2n) is 4.44. The molecule has 5 nitrogen and oxygen atoms in total. The van der Waals surface area contributed by atoms with Gasteiger partial charge in [-0.2, -0.15) is 5.26 Å². The molecule has 2 atom stereocenters. The zero-order chi connectivity index (χ0) is 12.7. The van der Waals surface area contributed by atoms with Gasteiger partial charge in [-0.3, -0.25) is 9.69 Å². The highest BCUT2D eigenvalue weighted by molar-refractivity contribution is 5.78. The molecule has 0 spiro atoms. The number of hydrogen-bond acceptors (Lipinski definition) is 4. The van der Waals surface area contributed by atoms with E-state index in [1.165, 1.54) is 0 Å². The van der Waals surface area contributed by atoms with Gasteiger partial charge in [-0.05, 0) is 12.8 Å². The summed E-state index contributed by atoms with van der Waals surface area (Å²) in [6, 6.07) is 2.81. The number of piperazine rings is 1. The maximum Gasteiger partial charge on any atom is 0.235 e. The third-order valence-electron chi connectivity index (χ3n) is 3.29. The number of hydrogen-bond donors (Lipinski definition) is 2. The van der Waals surface area contributed by atoms with Crippen molar-refractivity contribution in [3.63, 3.8) is 0 Å². The van der Waals surface area contributed by atoms with Crippen molar-refractivity contribution in [1.82, 2.24) is 15.5 Å². The zero-order valence-corrected chi connectivity index (χ0v) is 10.7. The number of nitrogens with zero attached hydrogens (tertiary/aromatic N) is 2. The lowest BCUT2D eigenvalue weighted by Crippen LogP contribution is -2.58. The van der Waals surface area contributed by atoms with Gasteiger partial charge in [0.15, 0.2) is 0 Å². The van der Waals surface area contributed by atoms with Crippen LogP contribution in [0, 0.1) is 11.3 Å². The first-order valence-corrected chi connectivity index (χ1v) is 6.32. The van der Waals surface area contributed by atoms with Crippen molar-refractivity contribution in [3.05, 3.63) is 0 Å². The van der Waals surface area contributed by atoms with Gasteiger partial charge < -0.3 is 10.6 Å². The summed E-state index contributed by atoms with van der Waals surface area (Å²) in [5.74, 6) is -0.0539. The van der Waals surface area contributed by atoms with E-state index in [2.05, 4.69) is 29.4 Å². The minimum atomic E-state index is -0.0539. The summed E-state index contributed by atoms with van der Waals surface area (Å²) in [6.45, 7) is 6.64. The lowest BCUT2D eigenvalue weighted by atomic mass is 10.1. The fourth-order valence-corrected chi connectivity index (χ4v) is 2.18. The Hall–Kier alpha value is -1.12. The molecule has 0 aromatic carbocycles. The highest BCUT2D eigenvalue weighted by atomic mass is 16.2. The third-order valence-corrected chi connectivity index (χ3v) is 3.29. The number of rotatable bonds is 5. The Labute approximate surface area is 103 Å². The molecule has 5 heteroatoms. The van der Waals surface area contributed by atoms with Crippen molar-refractivity contribution in [2.24, 2.45) is 0 Å². The second-order valence-corrected chi connectivity index (χ2v) is 4.44. The maximum absolute atomic E-state index is 11.6. The smallest absolute Gasteiger partial charge is 0.235 e. The Balaban J connectivity index is 2.46. The van der Waals surface area contributed by atoms with Crippen LogP contribution in [0.15, 0.2) is 0 Å². The van der Waals surface area contributed by atoms with Crippen LogP contribution < -0.4 is 10.6 Å². The van der Waals surface area contributed by atoms with Gasteiger partial charge in [-0.1, -0.05) is 13.8 Å². The van der Waals surface area contributed by atoms with Crippen LogP contribution in [0.5, 0.6) is 0 Å². The number of nitriles is 1. The lowest BCUT2D eigenvalue weighted by molar-refractivity contribution is -0.123. The summed E-state index contributed by atoms with van der Waals surface area (Å²) in [5, 5.41) is 14.5.